The highest BCUT2D eigenvalue weighted by Gasteiger charge is 2.20. The van der Waals surface area contributed by atoms with Gasteiger partial charge >= 0.3 is 0 Å². The van der Waals surface area contributed by atoms with Gasteiger partial charge in [0.25, 0.3) is 0 Å². The molecule has 1 aromatic carbocycles. The number of para-hydroxylation sites is 1. The molecule has 0 amide bonds. The van der Waals surface area contributed by atoms with Crippen molar-refractivity contribution in [2.24, 2.45) is 0 Å². The highest BCUT2D eigenvalue weighted by atomic mass is 15.4. The molecular formula is C12H14N4. The van der Waals surface area contributed by atoms with Gasteiger partial charge in [-0.15, -0.1) is 5.10 Å². The van der Waals surface area contributed by atoms with Crippen LogP contribution in [0.3, 0.4) is 0 Å². The Balaban J connectivity index is 1.81. The van der Waals surface area contributed by atoms with Crippen molar-refractivity contribution in [3.8, 4) is 5.69 Å². The highest BCUT2D eigenvalue weighted by molar-refractivity contribution is 5.31. The quantitative estimate of drug-likeness (QED) is 0.839. The molecule has 0 spiro atoms. The second kappa shape index (κ2) is 4.06. The molecule has 1 N–H and O–H groups in total. The molecule has 2 aromatic rings. The van der Waals surface area contributed by atoms with E-state index in [9.17, 15) is 0 Å². The number of rotatable bonds is 4. The topological polar surface area (TPSA) is 42.7 Å². The van der Waals surface area contributed by atoms with Gasteiger partial charge in [0.1, 0.15) is 0 Å². The predicted octanol–water partition coefficient (Wildman–Crippen LogP) is 1.52. The number of nitrogens with one attached hydrogen (secondary N) is 1. The van der Waals surface area contributed by atoms with E-state index in [0.717, 1.165) is 17.9 Å². The van der Waals surface area contributed by atoms with Crippen LogP contribution in [0.4, 0.5) is 0 Å². The molecule has 1 aromatic heterocycles. The summed E-state index contributed by atoms with van der Waals surface area (Å²) in [5, 5.41) is 11.5. The molecule has 3 rings (SSSR count). The summed E-state index contributed by atoms with van der Waals surface area (Å²) < 4.78 is 1.88. The molecule has 1 aliphatic rings. The predicted molar refractivity (Wildman–Crippen MR) is 61.2 cm³/mol. The van der Waals surface area contributed by atoms with Gasteiger partial charge in [-0.1, -0.05) is 23.4 Å². The summed E-state index contributed by atoms with van der Waals surface area (Å²) in [6, 6.07) is 10.8. The number of benzene rings is 1. The summed E-state index contributed by atoms with van der Waals surface area (Å²) in [5.41, 5.74) is 2.17. The van der Waals surface area contributed by atoms with Gasteiger partial charge in [0.15, 0.2) is 0 Å². The molecule has 0 aliphatic heterocycles. The Morgan fingerprint density at radius 1 is 1.25 bits per heavy atom. The van der Waals surface area contributed by atoms with Crippen molar-refractivity contribution in [3.05, 3.63) is 42.2 Å². The molecule has 16 heavy (non-hydrogen) atoms. The minimum absolute atomic E-state index is 0.708. The summed E-state index contributed by atoms with van der Waals surface area (Å²) in [6.07, 6.45) is 4.42. The van der Waals surface area contributed by atoms with E-state index >= 15 is 0 Å². The fraction of sp³-hybridized carbons (Fsp3) is 0.333. The molecule has 1 fully saturated rings. The molecular weight excluding hydrogens is 200 g/mol. The summed E-state index contributed by atoms with van der Waals surface area (Å²) in [5.74, 6) is 0. The first-order valence-corrected chi connectivity index (χ1v) is 5.62. The largest absolute Gasteiger partial charge is 0.308 e. The van der Waals surface area contributed by atoms with Gasteiger partial charge in [0.2, 0.25) is 0 Å². The summed E-state index contributed by atoms with van der Waals surface area (Å²) >= 11 is 0. The Labute approximate surface area is 94.3 Å². The minimum Gasteiger partial charge on any atom is -0.308 e. The maximum atomic E-state index is 4.11. The Morgan fingerprint density at radius 2 is 2.06 bits per heavy atom. The van der Waals surface area contributed by atoms with Crippen molar-refractivity contribution in [2.45, 2.75) is 25.4 Å². The average molecular weight is 214 g/mol. The fourth-order valence-corrected chi connectivity index (χ4v) is 1.70. The smallest absolute Gasteiger partial charge is 0.0783 e. The molecule has 0 bridgehead atoms. The van der Waals surface area contributed by atoms with Crippen molar-refractivity contribution in [1.82, 2.24) is 20.3 Å². The van der Waals surface area contributed by atoms with Gasteiger partial charge in [-0.3, -0.25) is 0 Å². The first-order valence-electron chi connectivity index (χ1n) is 5.62. The second-order valence-electron chi connectivity index (χ2n) is 4.13. The molecule has 4 heteroatoms. The van der Waals surface area contributed by atoms with Gasteiger partial charge in [-0.2, -0.15) is 0 Å². The van der Waals surface area contributed by atoms with Gasteiger partial charge in [0, 0.05) is 12.6 Å². The SMILES string of the molecule is c1ccc(-n2nncc2CNC2CC2)cc1. The minimum atomic E-state index is 0.708. The van der Waals surface area contributed by atoms with Crippen molar-refractivity contribution in [2.75, 3.05) is 0 Å². The van der Waals surface area contributed by atoms with E-state index in [4.69, 9.17) is 0 Å². The Morgan fingerprint density at radius 3 is 2.81 bits per heavy atom. The van der Waals surface area contributed by atoms with Crippen LogP contribution >= 0.6 is 0 Å². The molecule has 0 saturated heterocycles. The van der Waals surface area contributed by atoms with Crippen LogP contribution in [-0.4, -0.2) is 21.0 Å². The van der Waals surface area contributed by atoms with Crippen LogP contribution in [0.1, 0.15) is 18.5 Å². The van der Waals surface area contributed by atoms with Crippen LogP contribution in [-0.2, 0) is 6.54 Å². The third-order valence-electron chi connectivity index (χ3n) is 2.77. The monoisotopic (exact) mass is 214 g/mol. The van der Waals surface area contributed by atoms with E-state index in [1.54, 1.807) is 0 Å². The zero-order valence-electron chi connectivity index (χ0n) is 9.00. The van der Waals surface area contributed by atoms with Gasteiger partial charge in [-0.25, -0.2) is 4.68 Å². The zero-order valence-corrected chi connectivity index (χ0v) is 9.00. The number of hydrogen-bond donors (Lipinski definition) is 1. The lowest BCUT2D eigenvalue weighted by molar-refractivity contribution is 0.647. The molecule has 0 unspecified atom stereocenters. The van der Waals surface area contributed by atoms with Gasteiger partial charge in [-0.05, 0) is 25.0 Å². The molecule has 1 aliphatic carbocycles. The maximum absolute atomic E-state index is 4.11. The van der Waals surface area contributed by atoms with Crippen LogP contribution in [0.15, 0.2) is 36.5 Å². The summed E-state index contributed by atoms with van der Waals surface area (Å²) in [4.78, 5) is 0. The van der Waals surface area contributed by atoms with E-state index < -0.39 is 0 Å². The van der Waals surface area contributed by atoms with Crippen LogP contribution < -0.4 is 5.32 Å². The first-order chi connectivity index (χ1) is 7.93. The third kappa shape index (κ3) is 1.97. The average Bonchev–Trinajstić information content (AvgIpc) is 3.05. The van der Waals surface area contributed by atoms with E-state index in [1.165, 1.54) is 12.8 Å². The first kappa shape index (κ1) is 9.54. The van der Waals surface area contributed by atoms with Crippen LogP contribution in [0.5, 0.6) is 0 Å². The lowest BCUT2D eigenvalue weighted by atomic mass is 10.3. The maximum Gasteiger partial charge on any atom is 0.0783 e. The lowest BCUT2D eigenvalue weighted by Gasteiger charge is -2.06. The Bertz CT molecular complexity index is 459. The lowest BCUT2D eigenvalue weighted by Crippen LogP contribution is -2.18. The van der Waals surface area contributed by atoms with Crippen molar-refractivity contribution >= 4 is 0 Å². The molecule has 0 radical (unpaired) electrons. The number of hydrogen-bond acceptors (Lipinski definition) is 3. The van der Waals surface area contributed by atoms with Crippen molar-refractivity contribution in [1.29, 1.82) is 0 Å². The van der Waals surface area contributed by atoms with E-state index in [1.807, 2.05) is 41.2 Å². The fourth-order valence-electron chi connectivity index (χ4n) is 1.70. The molecule has 0 atom stereocenters. The second-order valence-corrected chi connectivity index (χ2v) is 4.13. The van der Waals surface area contributed by atoms with Gasteiger partial charge in [0.05, 0.1) is 17.6 Å². The molecule has 82 valence electrons. The summed E-state index contributed by atoms with van der Waals surface area (Å²) in [7, 11) is 0. The van der Waals surface area contributed by atoms with E-state index in [0.29, 0.717) is 6.04 Å². The molecule has 1 heterocycles. The molecule has 1 saturated carbocycles. The standard InChI is InChI=1S/C12H14N4/c1-2-4-11(5-3-1)16-12(9-14-15-16)8-13-10-6-7-10/h1-5,9-10,13H,6-8H2. The number of nitrogens with zero attached hydrogens (tertiary/aromatic N) is 3. The molecule has 4 nitrogen and oxygen atoms in total. The van der Waals surface area contributed by atoms with Crippen molar-refractivity contribution < 1.29 is 0 Å². The third-order valence-corrected chi connectivity index (χ3v) is 2.77. The van der Waals surface area contributed by atoms with E-state index in [-0.39, 0.29) is 0 Å². The summed E-state index contributed by atoms with van der Waals surface area (Å²) in [6.45, 7) is 0.840. The number of aromatic nitrogens is 3. The zero-order chi connectivity index (χ0) is 10.8. The van der Waals surface area contributed by atoms with Crippen LogP contribution in [0, 0.1) is 0 Å². The Hall–Kier alpha value is -1.68. The Kier molecular flexibility index (Phi) is 2.42. The van der Waals surface area contributed by atoms with Crippen LogP contribution in [0.2, 0.25) is 0 Å². The van der Waals surface area contributed by atoms with E-state index in [2.05, 4.69) is 15.6 Å². The van der Waals surface area contributed by atoms with Crippen LogP contribution in [0.25, 0.3) is 5.69 Å². The van der Waals surface area contributed by atoms with Gasteiger partial charge < -0.3 is 5.32 Å². The highest BCUT2D eigenvalue weighted by Crippen LogP contribution is 2.19. The normalized spacial score (nSPS) is 15.2. The van der Waals surface area contributed by atoms with Crippen molar-refractivity contribution in [3.63, 3.8) is 0 Å².